The fourth-order valence-corrected chi connectivity index (χ4v) is 2.19. The molecule has 17 heavy (non-hydrogen) atoms. The van der Waals surface area contributed by atoms with E-state index >= 15 is 0 Å². The minimum absolute atomic E-state index is 0.413. The number of thioether (sulfide) groups is 1. The van der Waals surface area contributed by atoms with E-state index in [0.717, 1.165) is 35.7 Å². The number of hydrogen-bond acceptors (Lipinski definition) is 3. The van der Waals surface area contributed by atoms with Crippen LogP contribution in [0.4, 0.5) is 0 Å². The van der Waals surface area contributed by atoms with Crippen molar-refractivity contribution in [3.8, 4) is 5.75 Å². The van der Waals surface area contributed by atoms with Crippen molar-refractivity contribution in [1.29, 1.82) is 0 Å². The predicted octanol–water partition coefficient (Wildman–Crippen LogP) is 3.57. The molecule has 0 aliphatic rings. The van der Waals surface area contributed by atoms with Gasteiger partial charge in [-0.1, -0.05) is 13.0 Å². The van der Waals surface area contributed by atoms with E-state index in [0.29, 0.717) is 0 Å². The summed E-state index contributed by atoms with van der Waals surface area (Å²) in [5.74, 6) is 3.25. The second-order valence-corrected chi connectivity index (χ2v) is 5.49. The first-order valence-electron chi connectivity index (χ1n) is 6.14. The van der Waals surface area contributed by atoms with Crippen molar-refractivity contribution in [1.82, 2.24) is 0 Å². The average molecular weight is 254 g/mol. The maximum absolute atomic E-state index is 9.47. The standard InChI is InChI=1S/C14H22O2S/c1-4-17-9-5-8-16-14-7-6-13(12(3)15)10-11(14)2/h6-7,10,12,15H,4-5,8-9H2,1-3H3/t12-/m0/s1. The lowest BCUT2D eigenvalue weighted by molar-refractivity contribution is 0.199. The van der Waals surface area contributed by atoms with Crippen LogP contribution >= 0.6 is 11.8 Å². The first kappa shape index (κ1) is 14.4. The molecular formula is C14H22O2S. The van der Waals surface area contributed by atoms with Crippen molar-refractivity contribution in [2.45, 2.75) is 33.3 Å². The second kappa shape index (κ2) is 7.62. The molecule has 0 saturated heterocycles. The van der Waals surface area contributed by atoms with E-state index in [2.05, 4.69) is 6.92 Å². The Bertz CT molecular complexity index is 337. The van der Waals surface area contributed by atoms with Crippen LogP contribution in [0.3, 0.4) is 0 Å². The maximum Gasteiger partial charge on any atom is 0.122 e. The highest BCUT2D eigenvalue weighted by atomic mass is 32.2. The van der Waals surface area contributed by atoms with Crippen molar-refractivity contribution in [2.75, 3.05) is 18.1 Å². The van der Waals surface area contributed by atoms with Gasteiger partial charge in [0.2, 0.25) is 0 Å². The quantitative estimate of drug-likeness (QED) is 0.754. The molecule has 96 valence electrons. The van der Waals surface area contributed by atoms with Gasteiger partial charge in [-0.3, -0.25) is 0 Å². The third kappa shape index (κ3) is 5.00. The third-order valence-electron chi connectivity index (χ3n) is 2.58. The number of aliphatic hydroxyl groups is 1. The van der Waals surface area contributed by atoms with Crippen molar-refractivity contribution in [2.24, 2.45) is 0 Å². The van der Waals surface area contributed by atoms with Crippen molar-refractivity contribution >= 4 is 11.8 Å². The van der Waals surface area contributed by atoms with Crippen LogP contribution in [0.2, 0.25) is 0 Å². The SMILES string of the molecule is CCSCCCOc1ccc([C@H](C)O)cc1C. The van der Waals surface area contributed by atoms with Crippen molar-refractivity contribution < 1.29 is 9.84 Å². The molecule has 0 fully saturated rings. The zero-order valence-corrected chi connectivity index (χ0v) is 11.7. The molecule has 0 radical (unpaired) electrons. The van der Waals surface area contributed by atoms with E-state index in [4.69, 9.17) is 4.74 Å². The summed E-state index contributed by atoms with van der Waals surface area (Å²) in [6.07, 6.45) is 0.666. The normalized spacial score (nSPS) is 12.5. The van der Waals surface area contributed by atoms with E-state index < -0.39 is 6.10 Å². The topological polar surface area (TPSA) is 29.5 Å². The van der Waals surface area contributed by atoms with Gasteiger partial charge in [-0.25, -0.2) is 0 Å². The summed E-state index contributed by atoms with van der Waals surface area (Å²) < 4.78 is 5.72. The zero-order valence-electron chi connectivity index (χ0n) is 10.9. The number of benzene rings is 1. The molecule has 0 saturated carbocycles. The van der Waals surface area contributed by atoms with Crippen molar-refractivity contribution in [3.63, 3.8) is 0 Å². The smallest absolute Gasteiger partial charge is 0.122 e. The Morgan fingerprint density at radius 1 is 1.41 bits per heavy atom. The highest BCUT2D eigenvalue weighted by molar-refractivity contribution is 7.99. The number of aliphatic hydroxyl groups excluding tert-OH is 1. The van der Waals surface area contributed by atoms with Gasteiger partial charge in [0, 0.05) is 0 Å². The van der Waals surface area contributed by atoms with Gasteiger partial charge < -0.3 is 9.84 Å². The summed E-state index contributed by atoms with van der Waals surface area (Å²) >= 11 is 1.94. The molecule has 2 nitrogen and oxygen atoms in total. The van der Waals surface area contributed by atoms with Crippen LogP contribution in [-0.4, -0.2) is 23.2 Å². The largest absolute Gasteiger partial charge is 0.493 e. The van der Waals surface area contributed by atoms with Crippen LogP contribution in [0.5, 0.6) is 5.75 Å². The van der Waals surface area contributed by atoms with E-state index in [1.165, 1.54) is 5.75 Å². The van der Waals surface area contributed by atoms with Gasteiger partial charge in [0.1, 0.15) is 5.75 Å². The first-order chi connectivity index (χ1) is 8.15. The Hall–Kier alpha value is -0.670. The number of ether oxygens (including phenoxy) is 1. The maximum atomic E-state index is 9.47. The fraction of sp³-hybridized carbons (Fsp3) is 0.571. The minimum atomic E-state index is -0.413. The molecule has 1 atom stereocenters. The molecule has 0 aromatic heterocycles. The van der Waals surface area contributed by atoms with Gasteiger partial charge >= 0.3 is 0 Å². The summed E-state index contributed by atoms with van der Waals surface area (Å²) in [4.78, 5) is 0. The van der Waals surface area contributed by atoms with Crippen LogP contribution in [0.15, 0.2) is 18.2 Å². The van der Waals surface area contributed by atoms with Gasteiger partial charge in [0.15, 0.2) is 0 Å². The molecule has 0 bridgehead atoms. The Kier molecular flexibility index (Phi) is 6.45. The molecule has 0 unspecified atom stereocenters. The lowest BCUT2D eigenvalue weighted by Gasteiger charge is -2.11. The van der Waals surface area contributed by atoms with E-state index in [9.17, 15) is 5.11 Å². The van der Waals surface area contributed by atoms with Gasteiger partial charge in [-0.2, -0.15) is 11.8 Å². The van der Waals surface area contributed by atoms with Gasteiger partial charge in [-0.15, -0.1) is 0 Å². The van der Waals surface area contributed by atoms with Crippen LogP contribution in [0.25, 0.3) is 0 Å². The molecule has 0 spiro atoms. The molecule has 1 aromatic carbocycles. The Morgan fingerprint density at radius 3 is 2.76 bits per heavy atom. The van der Waals surface area contributed by atoms with Gasteiger partial charge in [0.05, 0.1) is 12.7 Å². The highest BCUT2D eigenvalue weighted by Crippen LogP contribution is 2.22. The van der Waals surface area contributed by atoms with Crippen LogP contribution in [0.1, 0.15) is 37.5 Å². The van der Waals surface area contributed by atoms with E-state index in [-0.39, 0.29) is 0 Å². The summed E-state index contributed by atoms with van der Waals surface area (Å²) in [7, 11) is 0. The van der Waals surface area contributed by atoms with Crippen molar-refractivity contribution in [3.05, 3.63) is 29.3 Å². The van der Waals surface area contributed by atoms with Gasteiger partial charge in [-0.05, 0) is 55.0 Å². The van der Waals surface area contributed by atoms with E-state index in [1.807, 2.05) is 36.9 Å². The Morgan fingerprint density at radius 2 is 2.18 bits per heavy atom. The molecule has 1 rings (SSSR count). The van der Waals surface area contributed by atoms with Crippen LogP contribution in [0, 0.1) is 6.92 Å². The fourth-order valence-electron chi connectivity index (χ4n) is 1.58. The van der Waals surface area contributed by atoms with Crippen LogP contribution in [-0.2, 0) is 0 Å². The summed E-state index contributed by atoms with van der Waals surface area (Å²) in [5, 5.41) is 9.47. The predicted molar refractivity (Wildman–Crippen MR) is 74.9 cm³/mol. The lowest BCUT2D eigenvalue weighted by atomic mass is 10.1. The van der Waals surface area contributed by atoms with E-state index in [1.54, 1.807) is 6.92 Å². The first-order valence-corrected chi connectivity index (χ1v) is 7.29. The monoisotopic (exact) mass is 254 g/mol. The summed E-state index contributed by atoms with van der Waals surface area (Å²) in [6, 6.07) is 5.86. The third-order valence-corrected chi connectivity index (χ3v) is 3.56. The van der Waals surface area contributed by atoms with Crippen LogP contribution < -0.4 is 4.74 Å². The average Bonchev–Trinajstić information content (AvgIpc) is 2.30. The molecule has 1 aromatic rings. The Balaban J connectivity index is 2.43. The molecular weight excluding hydrogens is 232 g/mol. The lowest BCUT2D eigenvalue weighted by Crippen LogP contribution is -2.01. The zero-order chi connectivity index (χ0) is 12.7. The number of hydrogen-bond donors (Lipinski definition) is 1. The minimum Gasteiger partial charge on any atom is -0.493 e. The molecule has 0 amide bonds. The Labute approximate surface area is 108 Å². The molecule has 3 heteroatoms. The highest BCUT2D eigenvalue weighted by Gasteiger charge is 2.04. The second-order valence-electron chi connectivity index (χ2n) is 4.10. The molecule has 0 heterocycles. The van der Waals surface area contributed by atoms with Gasteiger partial charge in [0.25, 0.3) is 0 Å². The molecule has 1 N–H and O–H groups in total. The number of aryl methyl sites for hydroxylation is 1. The summed E-state index contributed by atoms with van der Waals surface area (Å²) in [5.41, 5.74) is 2.03. The molecule has 0 aliphatic carbocycles. The summed E-state index contributed by atoms with van der Waals surface area (Å²) in [6.45, 7) is 6.73. The molecule has 0 aliphatic heterocycles. The number of rotatable bonds is 7.